The van der Waals surface area contributed by atoms with Gasteiger partial charge in [-0.1, -0.05) is 38.6 Å². The molecule has 138 valence electrons. The molecule has 26 heavy (non-hydrogen) atoms. The molecule has 3 heterocycles. The number of hydrogen-bond donors (Lipinski definition) is 0. The SMILES string of the molecule is CC(C)(C)C1(COC(=O)CSc2nccc(-c3ccccn3)n2)COC1. The Morgan fingerprint density at radius 3 is 2.62 bits per heavy atom. The molecule has 2 aromatic rings. The first-order valence-electron chi connectivity index (χ1n) is 8.50. The summed E-state index contributed by atoms with van der Waals surface area (Å²) in [4.78, 5) is 25.1. The Kier molecular flexibility index (Phi) is 5.58. The fraction of sp³-hybridized carbons (Fsp3) is 0.474. The van der Waals surface area contributed by atoms with E-state index in [1.165, 1.54) is 11.8 Å². The first-order valence-corrected chi connectivity index (χ1v) is 9.49. The van der Waals surface area contributed by atoms with Gasteiger partial charge in [-0.25, -0.2) is 9.97 Å². The van der Waals surface area contributed by atoms with Gasteiger partial charge in [0.25, 0.3) is 0 Å². The van der Waals surface area contributed by atoms with Crippen molar-refractivity contribution < 1.29 is 14.3 Å². The number of nitrogens with zero attached hydrogens (tertiary/aromatic N) is 3. The van der Waals surface area contributed by atoms with Crippen molar-refractivity contribution in [2.24, 2.45) is 10.8 Å². The van der Waals surface area contributed by atoms with E-state index in [4.69, 9.17) is 9.47 Å². The van der Waals surface area contributed by atoms with Crippen LogP contribution in [0.2, 0.25) is 0 Å². The summed E-state index contributed by atoms with van der Waals surface area (Å²) in [6, 6.07) is 7.45. The van der Waals surface area contributed by atoms with Gasteiger partial charge in [-0.15, -0.1) is 0 Å². The average Bonchev–Trinajstić information content (AvgIpc) is 2.59. The number of esters is 1. The molecule has 1 aliphatic heterocycles. The molecule has 0 aliphatic carbocycles. The van der Waals surface area contributed by atoms with Gasteiger partial charge in [-0.2, -0.15) is 0 Å². The quantitative estimate of drug-likeness (QED) is 0.437. The molecule has 3 rings (SSSR count). The molecule has 0 aromatic carbocycles. The highest BCUT2D eigenvalue weighted by Crippen LogP contribution is 2.44. The highest BCUT2D eigenvalue weighted by atomic mass is 32.2. The smallest absolute Gasteiger partial charge is 0.316 e. The zero-order valence-electron chi connectivity index (χ0n) is 15.3. The summed E-state index contributed by atoms with van der Waals surface area (Å²) in [5, 5.41) is 0.530. The molecule has 0 atom stereocenters. The summed E-state index contributed by atoms with van der Waals surface area (Å²) in [5.41, 5.74) is 1.44. The van der Waals surface area contributed by atoms with Crippen LogP contribution in [0.15, 0.2) is 41.8 Å². The third-order valence-corrected chi connectivity index (χ3v) is 5.57. The van der Waals surface area contributed by atoms with Gasteiger partial charge < -0.3 is 9.47 Å². The maximum atomic E-state index is 12.1. The van der Waals surface area contributed by atoms with Crippen LogP contribution in [0.4, 0.5) is 0 Å². The number of thioether (sulfide) groups is 1. The zero-order chi connectivity index (χ0) is 18.6. The molecule has 0 unspecified atom stereocenters. The standard InChI is InChI=1S/C19H23N3O3S/c1-18(2,3)19(11-24-12-19)13-25-16(23)10-26-17-21-9-7-15(22-17)14-6-4-5-8-20-14/h4-9H,10-13H2,1-3H3. The maximum absolute atomic E-state index is 12.1. The molecule has 2 aromatic heterocycles. The summed E-state index contributed by atoms with van der Waals surface area (Å²) in [6.45, 7) is 8.09. The van der Waals surface area contributed by atoms with Crippen molar-refractivity contribution in [3.8, 4) is 11.4 Å². The Bertz CT molecular complexity index is 758. The molecule has 1 aliphatic rings. The molecule has 0 radical (unpaired) electrons. The second-order valence-corrected chi connectivity index (χ2v) is 8.35. The molecular weight excluding hydrogens is 350 g/mol. The normalized spacial score (nSPS) is 16.0. The molecule has 1 saturated heterocycles. The lowest BCUT2D eigenvalue weighted by Gasteiger charge is -2.50. The minimum atomic E-state index is -0.266. The summed E-state index contributed by atoms with van der Waals surface area (Å²) < 4.78 is 10.9. The lowest BCUT2D eigenvalue weighted by molar-refractivity contribution is -0.201. The number of carbonyl (C=O) groups excluding carboxylic acids is 1. The van der Waals surface area contributed by atoms with Gasteiger partial charge in [0.1, 0.15) is 6.61 Å². The van der Waals surface area contributed by atoms with Crippen LogP contribution in [-0.4, -0.2) is 46.5 Å². The van der Waals surface area contributed by atoms with Crippen molar-refractivity contribution in [1.82, 2.24) is 15.0 Å². The molecule has 1 fully saturated rings. The Morgan fingerprint density at radius 2 is 2.00 bits per heavy atom. The first-order chi connectivity index (χ1) is 12.4. The highest BCUT2D eigenvalue weighted by molar-refractivity contribution is 7.99. The maximum Gasteiger partial charge on any atom is 0.316 e. The van der Waals surface area contributed by atoms with E-state index < -0.39 is 0 Å². The molecular formula is C19H23N3O3S. The molecule has 0 bridgehead atoms. The van der Waals surface area contributed by atoms with Crippen LogP contribution in [0.3, 0.4) is 0 Å². The van der Waals surface area contributed by atoms with Crippen LogP contribution >= 0.6 is 11.8 Å². The van der Waals surface area contributed by atoms with Gasteiger partial charge in [0.2, 0.25) is 0 Å². The van der Waals surface area contributed by atoms with Crippen LogP contribution in [0.1, 0.15) is 20.8 Å². The average molecular weight is 373 g/mol. The van der Waals surface area contributed by atoms with Crippen molar-refractivity contribution in [3.05, 3.63) is 36.7 Å². The van der Waals surface area contributed by atoms with Gasteiger partial charge in [0, 0.05) is 12.4 Å². The molecule has 0 saturated carbocycles. The van der Waals surface area contributed by atoms with E-state index in [-0.39, 0.29) is 22.6 Å². The summed E-state index contributed by atoms with van der Waals surface area (Å²) in [6.07, 6.45) is 3.39. The number of hydrogen-bond acceptors (Lipinski definition) is 7. The fourth-order valence-corrected chi connectivity index (χ4v) is 3.16. The predicted molar refractivity (Wildman–Crippen MR) is 99.7 cm³/mol. The number of carbonyl (C=O) groups is 1. The van der Waals surface area contributed by atoms with E-state index in [2.05, 4.69) is 35.7 Å². The minimum Gasteiger partial charge on any atom is -0.464 e. The molecule has 0 amide bonds. The van der Waals surface area contributed by atoms with Crippen LogP contribution in [0.5, 0.6) is 0 Å². The second-order valence-electron chi connectivity index (χ2n) is 7.41. The van der Waals surface area contributed by atoms with Crippen LogP contribution in [-0.2, 0) is 14.3 Å². The van der Waals surface area contributed by atoms with E-state index in [0.717, 1.165) is 11.4 Å². The highest BCUT2D eigenvalue weighted by Gasteiger charge is 2.49. The van der Waals surface area contributed by atoms with Gasteiger partial charge in [-0.05, 0) is 23.6 Å². The third-order valence-electron chi connectivity index (χ3n) is 4.74. The Balaban J connectivity index is 1.54. The lowest BCUT2D eigenvalue weighted by Crippen LogP contribution is -2.55. The molecule has 7 heteroatoms. The van der Waals surface area contributed by atoms with E-state index >= 15 is 0 Å². The number of aromatic nitrogens is 3. The largest absolute Gasteiger partial charge is 0.464 e. The Morgan fingerprint density at radius 1 is 1.19 bits per heavy atom. The van der Waals surface area contributed by atoms with Gasteiger partial charge in [-0.3, -0.25) is 9.78 Å². The topological polar surface area (TPSA) is 74.2 Å². The Labute approximate surface area is 157 Å². The minimum absolute atomic E-state index is 0.0266. The van der Waals surface area contributed by atoms with Crippen molar-refractivity contribution >= 4 is 17.7 Å². The van der Waals surface area contributed by atoms with Gasteiger partial charge in [0.05, 0.1) is 35.8 Å². The summed E-state index contributed by atoms with van der Waals surface area (Å²) >= 11 is 1.27. The fourth-order valence-electron chi connectivity index (χ4n) is 2.53. The van der Waals surface area contributed by atoms with Gasteiger partial charge >= 0.3 is 5.97 Å². The van der Waals surface area contributed by atoms with Gasteiger partial charge in [0.15, 0.2) is 5.16 Å². The summed E-state index contributed by atoms with van der Waals surface area (Å²) in [7, 11) is 0. The summed E-state index contributed by atoms with van der Waals surface area (Å²) in [5.74, 6) is -0.0930. The number of rotatable bonds is 6. The predicted octanol–water partition coefficient (Wildman–Crippen LogP) is 3.24. The zero-order valence-corrected chi connectivity index (χ0v) is 16.1. The van der Waals surface area contributed by atoms with Crippen molar-refractivity contribution in [1.29, 1.82) is 0 Å². The van der Waals surface area contributed by atoms with Crippen molar-refractivity contribution in [3.63, 3.8) is 0 Å². The third kappa shape index (κ3) is 4.22. The monoisotopic (exact) mass is 373 g/mol. The number of ether oxygens (including phenoxy) is 2. The molecule has 0 N–H and O–H groups in total. The number of pyridine rings is 1. The first kappa shape index (κ1) is 18.8. The lowest BCUT2D eigenvalue weighted by atomic mass is 9.65. The molecule has 6 nitrogen and oxygen atoms in total. The molecule has 0 spiro atoms. The van der Waals surface area contributed by atoms with Crippen LogP contribution in [0, 0.1) is 10.8 Å². The van der Waals surface area contributed by atoms with Crippen LogP contribution < -0.4 is 0 Å². The van der Waals surface area contributed by atoms with Crippen molar-refractivity contribution in [2.75, 3.05) is 25.6 Å². The van der Waals surface area contributed by atoms with E-state index in [1.807, 2.05) is 18.2 Å². The van der Waals surface area contributed by atoms with E-state index in [9.17, 15) is 4.79 Å². The van der Waals surface area contributed by atoms with Crippen molar-refractivity contribution in [2.45, 2.75) is 25.9 Å². The van der Waals surface area contributed by atoms with E-state index in [1.54, 1.807) is 18.5 Å². The second kappa shape index (κ2) is 7.72. The van der Waals surface area contributed by atoms with E-state index in [0.29, 0.717) is 25.0 Å². The van der Waals surface area contributed by atoms with Crippen LogP contribution in [0.25, 0.3) is 11.4 Å². The Hall–Kier alpha value is -1.99.